The van der Waals surface area contributed by atoms with E-state index >= 15 is 0 Å². The van der Waals surface area contributed by atoms with Crippen LogP contribution in [-0.2, 0) is 23.0 Å². The molecular weight excluding hydrogens is 334 g/mol. The number of anilines is 1. The molecule has 3 aromatic rings. The Morgan fingerprint density at radius 1 is 1.00 bits per heavy atom. The maximum atomic E-state index is 12.5. The van der Waals surface area contributed by atoms with E-state index in [1.807, 2.05) is 42.5 Å². The molecule has 0 bridgehead atoms. The van der Waals surface area contributed by atoms with Gasteiger partial charge in [0.1, 0.15) is 0 Å². The van der Waals surface area contributed by atoms with Crippen LogP contribution in [0.3, 0.4) is 0 Å². The fourth-order valence-corrected chi connectivity index (χ4v) is 3.64. The van der Waals surface area contributed by atoms with Crippen molar-refractivity contribution in [3.63, 3.8) is 0 Å². The molecule has 2 aromatic carbocycles. The first-order valence-electron chi connectivity index (χ1n) is 8.25. The Morgan fingerprint density at radius 2 is 1.72 bits per heavy atom. The number of aromatic nitrogens is 2. The monoisotopic (exact) mass is 355 g/mol. The minimum Gasteiger partial charge on any atom is -0.276 e. The van der Waals surface area contributed by atoms with Gasteiger partial charge >= 0.3 is 0 Å². The first kappa shape index (κ1) is 17.2. The summed E-state index contributed by atoms with van der Waals surface area (Å²) in [5, 5.41) is 4.22. The van der Waals surface area contributed by atoms with E-state index in [-0.39, 0.29) is 4.90 Å². The van der Waals surface area contributed by atoms with Crippen molar-refractivity contribution in [2.75, 3.05) is 4.72 Å². The Kier molecular flexibility index (Phi) is 5.19. The Bertz CT molecular complexity index is 917. The lowest BCUT2D eigenvalue weighted by molar-refractivity contribution is 0.601. The van der Waals surface area contributed by atoms with Crippen LogP contribution in [-0.4, -0.2) is 18.2 Å². The number of sulfonamides is 1. The average molecular weight is 355 g/mol. The van der Waals surface area contributed by atoms with Gasteiger partial charge in [0.25, 0.3) is 10.0 Å². The summed E-state index contributed by atoms with van der Waals surface area (Å²) in [6, 6.07) is 16.9. The maximum absolute atomic E-state index is 12.5. The predicted molar refractivity (Wildman–Crippen MR) is 99.0 cm³/mol. The Labute approximate surface area is 148 Å². The summed E-state index contributed by atoms with van der Waals surface area (Å²) in [6.45, 7) is 2.69. The Morgan fingerprint density at radius 3 is 2.40 bits per heavy atom. The van der Waals surface area contributed by atoms with Gasteiger partial charge in [-0.1, -0.05) is 55.8 Å². The third-order valence-corrected chi connectivity index (χ3v) is 5.24. The summed E-state index contributed by atoms with van der Waals surface area (Å²) in [4.78, 5) is 0.253. The molecule has 3 rings (SSSR count). The zero-order valence-corrected chi connectivity index (χ0v) is 14.9. The lowest BCUT2D eigenvalue weighted by atomic mass is 10.1. The molecule has 0 saturated heterocycles. The zero-order valence-electron chi connectivity index (χ0n) is 14.1. The zero-order chi connectivity index (χ0) is 17.7. The number of nitrogens with one attached hydrogen (secondary N) is 1. The van der Waals surface area contributed by atoms with Crippen LogP contribution in [0.5, 0.6) is 0 Å². The molecule has 5 nitrogen and oxygen atoms in total. The van der Waals surface area contributed by atoms with Crippen molar-refractivity contribution < 1.29 is 8.42 Å². The molecule has 1 aromatic heterocycles. The summed E-state index contributed by atoms with van der Waals surface area (Å²) in [5.74, 6) is 0. The molecule has 1 heterocycles. The lowest BCUT2D eigenvalue weighted by Gasteiger charge is -2.07. The van der Waals surface area contributed by atoms with Crippen LogP contribution in [0, 0.1) is 0 Å². The first-order chi connectivity index (χ1) is 12.1. The molecule has 6 heteroatoms. The molecular formula is C19H21N3O2S. The van der Waals surface area contributed by atoms with Crippen molar-refractivity contribution in [2.45, 2.75) is 31.2 Å². The second-order valence-electron chi connectivity index (χ2n) is 5.91. The van der Waals surface area contributed by atoms with Crippen molar-refractivity contribution in [2.24, 2.45) is 0 Å². The second kappa shape index (κ2) is 7.53. The molecule has 0 spiro atoms. The number of hydrogen-bond acceptors (Lipinski definition) is 3. The summed E-state index contributed by atoms with van der Waals surface area (Å²) in [5.41, 5.74) is 2.69. The van der Waals surface area contributed by atoms with Crippen molar-refractivity contribution in [3.05, 3.63) is 78.1 Å². The van der Waals surface area contributed by atoms with Crippen molar-refractivity contribution >= 4 is 15.7 Å². The van der Waals surface area contributed by atoms with E-state index in [1.165, 1.54) is 6.20 Å². The van der Waals surface area contributed by atoms with Crippen LogP contribution >= 0.6 is 0 Å². The van der Waals surface area contributed by atoms with Gasteiger partial charge in [0.15, 0.2) is 0 Å². The highest BCUT2D eigenvalue weighted by molar-refractivity contribution is 7.92. The highest BCUT2D eigenvalue weighted by Gasteiger charge is 2.15. The molecule has 0 saturated carbocycles. The van der Waals surface area contributed by atoms with E-state index < -0.39 is 10.0 Å². The maximum Gasteiger partial charge on any atom is 0.261 e. The molecule has 0 amide bonds. The number of rotatable bonds is 7. The summed E-state index contributed by atoms with van der Waals surface area (Å²) < 4.78 is 29.3. The second-order valence-corrected chi connectivity index (χ2v) is 7.59. The Balaban J connectivity index is 1.70. The van der Waals surface area contributed by atoms with Gasteiger partial charge in [-0.3, -0.25) is 9.40 Å². The molecule has 0 aliphatic carbocycles. The molecule has 0 radical (unpaired) electrons. The van der Waals surface area contributed by atoms with E-state index in [2.05, 4.69) is 16.7 Å². The van der Waals surface area contributed by atoms with Crippen LogP contribution in [0.25, 0.3) is 0 Å². The van der Waals surface area contributed by atoms with E-state index in [1.54, 1.807) is 23.0 Å². The van der Waals surface area contributed by atoms with Crippen molar-refractivity contribution in [1.29, 1.82) is 0 Å². The van der Waals surface area contributed by atoms with Gasteiger partial charge in [-0.25, -0.2) is 8.42 Å². The molecule has 0 atom stereocenters. The number of aryl methyl sites for hydroxylation is 1. The topological polar surface area (TPSA) is 64.0 Å². The predicted octanol–water partition coefficient (Wildman–Crippen LogP) is 3.68. The fourth-order valence-electron chi connectivity index (χ4n) is 2.61. The SMILES string of the molecule is CCCc1ccc(S(=O)(=O)Nc2cnn(Cc3ccccc3)c2)cc1. The van der Waals surface area contributed by atoms with Gasteiger partial charge in [-0.2, -0.15) is 5.10 Å². The van der Waals surface area contributed by atoms with Crippen LogP contribution in [0.15, 0.2) is 71.9 Å². The minimum atomic E-state index is -3.61. The molecule has 0 aliphatic rings. The standard InChI is InChI=1S/C19H21N3O2S/c1-2-6-16-9-11-19(12-10-16)25(23,24)21-18-13-20-22(15-18)14-17-7-4-3-5-8-17/h3-5,7-13,15,21H,2,6,14H2,1H3. The third kappa shape index (κ3) is 4.48. The van der Waals surface area contributed by atoms with Crippen LogP contribution < -0.4 is 4.72 Å². The van der Waals surface area contributed by atoms with E-state index in [0.717, 1.165) is 24.0 Å². The van der Waals surface area contributed by atoms with Gasteiger partial charge in [0.05, 0.1) is 23.3 Å². The smallest absolute Gasteiger partial charge is 0.261 e. The summed E-state index contributed by atoms with van der Waals surface area (Å²) in [6.07, 6.45) is 5.19. The average Bonchev–Trinajstić information content (AvgIpc) is 3.03. The quantitative estimate of drug-likeness (QED) is 0.703. The molecule has 1 N–H and O–H groups in total. The van der Waals surface area contributed by atoms with Crippen LogP contribution in [0.1, 0.15) is 24.5 Å². The van der Waals surface area contributed by atoms with E-state index in [0.29, 0.717) is 12.2 Å². The lowest BCUT2D eigenvalue weighted by Crippen LogP contribution is -2.12. The van der Waals surface area contributed by atoms with Gasteiger partial charge in [0.2, 0.25) is 0 Å². The summed E-state index contributed by atoms with van der Waals surface area (Å²) >= 11 is 0. The number of nitrogens with zero attached hydrogens (tertiary/aromatic N) is 2. The summed E-state index contributed by atoms with van der Waals surface area (Å²) in [7, 11) is -3.61. The first-order valence-corrected chi connectivity index (χ1v) is 9.73. The number of hydrogen-bond donors (Lipinski definition) is 1. The van der Waals surface area contributed by atoms with E-state index in [4.69, 9.17) is 0 Å². The third-order valence-electron chi connectivity index (χ3n) is 3.85. The van der Waals surface area contributed by atoms with Gasteiger partial charge in [-0.15, -0.1) is 0 Å². The van der Waals surface area contributed by atoms with Crippen molar-refractivity contribution in [3.8, 4) is 0 Å². The van der Waals surface area contributed by atoms with Gasteiger partial charge in [0, 0.05) is 6.20 Å². The molecule has 130 valence electrons. The van der Waals surface area contributed by atoms with Gasteiger partial charge in [-0.05, 0) is 29.7 Å². The molecule has 25 heavy (non-hydrogen) atoms. The largest absolute Gasteiger partial charge is 0.276 e. The normalized spacial score (nSPS) is 11.4. The molecule has 0 aliphatic heterocycles. The fraction of sp³-hybridized carbons (Fsp3) is 0.211. The highest BCUT2D eigenvalue weighted by Crippen LogP contribution is 2.17. The van der Waals surface area contributed by atoms with Gasteiger partial charge < -0.3 is 0 Å². The van der Waals surface area contributed by atoms with E-state index in [9.17, 15) is 8.42 Å². The van der Waals surface area contributed by atoms with Crippen LogP contribution in [0.2, 0.25) is 0 Å². The highest BCUT2D eigenvalue weighted by atomic mass is 32.2. The Hall–Kier alpha value is -2.60. The van der Waals surface area contributed by atoms with Crippen molar-refractivity contribution in [1.82, 2.24) is 9.78 Å². The van der Waals surface area contributed by atoms with Crippen LogP contribution in [0.4, 0.5) is 5.69 Å². The molecule has 0 unspecified atom stereocenters. The number of benzene rings is 2. The molecule has 0 fully saturated rings. The minimum absolute atomic E-state index is 0.253.